The van der Waals surface area contributed by atoms with Gasteiger partial charge in [0.25, 0.3) is 5.91 Å². The molecule has 0 fully saturated rings. The van der Waals surface area contributed by atoms with Gasteiger partial charge in [0.15, 0.2) is 0 Å². The van der Waals surface area contributed by atoms with E-state index in [1.54, 1.807) is 43.3 Å². The molecule has 2 aromatic carbocycles. The molecule has 0 saturated heterocycles. The maximum atomic E-state index is 13.3. The predicted octanol–water partition coefficient (Wildman–Crippen LogP) is 2.66. The lowest BCUT2D eigenvalue weighted by Gasteiger charge is -2.28. The highest BCUT2D eigenvalue weighted by molar-refractivity contribution is 5.93. The summed E-state index contributed by atoms with van der Waals surface area (Å²) in [5, 5.41) is 2.59. The summed E-state index contributed by atoms with van der Waals surface area (Å²) in [6.45, 7) is 2.79. The van der Waals surface area contributed by atoms with Crippen molar-refractivity contribution in [3.8, 4) is 0 Å². The van der Waals surface area contributed by atoms with E-state index in [4.69, 9.17) is 0 Å². The van der Waals surface area contributed by atoms with Crippen LogP contribution in [0.1, 0.15) is 28.4 Å². The summed E-state index contributed by atoms with van der Waals surface area (Å²) < 4.78 is 13.3. The number of halogens is 1. The molecule has 1 atom stereocenters. The molecule has 0 aliphatic carbocycles. The summed E-state index contributed by atoms with van der Waals surface area (Å²) in [4.78, 5) is 27.8. The summed E-state index contributed by atoms with van der Waals surface area (Å²) in [5.41, 5.74) is 2.37. The summed E-state index contributed by atoms with van der Waals surface area (Å²) in [6, 6.07) is 13.2. The molecule has 5 nitrogen and oxygen atoms in total. The fraction of sp³-hybridized carbons (Fsp3) is 0.333. The number of benzene rings is 2. The molecular formula is C21H26FN3O2. The number of nitrogens with one attached hydrogen (secondary N) is 1. The van der Waals surface area contributed by atoms with Crippen LogP contribution >= 0.6 is 0 Å². The summed E-state index contributed by atoms with van der Waals surface area (Å²) in [7, 11) is 5.19. The first kappa shape index (κ1) is 20.6. The molecule has 1 unspecified atom stereocenters. The first-order valence-corrected chi connectivity index (χ1v) is 8.82. The van der Waals surface area contributed by atoms with E-state index in [9.17, 15) is 14.0 Å². The van der Waals surface area contributed by atoms with Crippen molar-refractivity contribution in [2.24, 2.45) is 0 Å². The van der Waals surface area contributed by atoms with Crippen molar-refractivity contribution in [3.63, 3.8) is 0 Å². The van der Waals surface area contributed by atoms with Gasteiger partial charge in [-0.05, 0) is 49.4 Å². The molecule has 0 radical (unpaired) electrons. The molecule has 0 heterocycles. The van der Waals surface area contributed by atoms with Crippen LogP contribution in [-0.2, 0) is 17.9 Å². The zero-order chi connectivity index (χ0) is 20.0. The Labute approximate surface area is 159 Å². The van der Waals surface area contributed by atoms with Gasteiger partial charge in [-0.3, -0.25) is 14.5 Å². The minimum Gasteiger partial charge on any atom is -0.355 e. The molecule has 0 aromatic heterocycles. The Hall–Kier alpha value is -2.73. The van der Waals surface area contributed by atoms with E-state index in [-0.39, 0.29) is 23.7 Å². The van der Waals surface area contributed by atoms with Crippen molar-refractivity contribution in [1.82, 2.24) is 15.1 Å². The van der Waals surface area contributed by atoms with E-state index in [0.29, 0.717) is 18.7 Å². The first-order chi connectivity index (χ1) is 12.8. The van der Waals surface area contributed by atoms with Crippen LogP contribution in [0, 0.1) is 5.82 Å². The van der Waals surface area contributed by atoms with Crippen molar-refractivity contribution >= 4 is 11.8 Å². The van der Waals surface area contributed by atoms with Crippen LogP contribution < -0.4 is 5.32 Å². The molecule has 144 valence electrons. The number of hydrogen-bond acceptors (Lipinski definition) is 3. The topological polar surface area (TPSA) is 52.7 Å². The Morgan fingerprint density at radius 1 is 1.04 bits per heavy atom. The molecule has 6 heteroatoms. The fourth-order valence-electron chi connectivity index (χ4n) is 2.83. The SMILES string of the molecule is CNC(=O)c1ccc(CN(C)C(C)C(=O)N(C)Cc2cccc(F)c2)cc1. The quantitative estimate of drug-likeness (QED) is 0.814. The third kappa shape index (κ3) is 5.62. The molecule has 0 aliphatic heterocycles. The minimum atomic E-state index is -0.331. The molecule has 2 aromatic rings. The van der Waals surface area contributed by atoms with Crippen molar-refractivity contribution < 1.29 is 14.0 Å². The van der Waals surface area contributed by atoms with Crippen LogP contribution in [0.2, 0.25) is 0 Å². The highest BCUT2D eigenvalue weighted by Crippen LogP contribution is 2.12. The summed E-state index contributed by atoms with van der Waals surface area (Å²) in [6.07, 6.45) is 0. The Morgan fingerprint density at radius 2 is 1.70 bits per heavy atom. The van der Waals surface area contributed by atoms with Gasteiger partial charge in [0, 0.05) is 32.7 Å². The van der Waals surface area contributed by atoms with Gasteiger partial charge in [0.1, 0.15) is 5.82 Å². The molecule has 0 aliphatic rings. The van der Waals surface area contributed by atoms with Gasteiger partial charge < -0.3 is 10.2 Å². The Bertz CT molecular complexity index is 792. The molecule has 2 amide bonds. The second-order valence-corrected chi connectivity index (χ2v) is 6.69. The highest BCUT2D eigenvalue weighted by Gasteiger charge is 2.22. The third-order valence-electron chi connectivity index (χ3n) is 4.58. The fourth-order valence-corrected chi connectivity index (χ4v) is 2.83. The lowest BCUT2D eigenvalue weighted by Crippen LogP contribution is -2.43. The van der Waals surface area contributed by atoms with Gasteiger partial charge in [-0.2, -0.15) is 0 Å². The largest absolute Gasteiger partial charge is 0.355 e. The van der Waals surface area contributed by atoms with E-state index >= 15 is 0 Å². The standard InChI is InChI=1S/C21H26FN3O2/c1-15(21(27)25(4)14-17-6-5-7-19(22)12-17)24(3)13-16-8-10-18(11-9-16)20(26)23-2/h5-12,15H,13-14H2,1-4H3,(H,23,26). The normalized spacial score (nSPS) is 11.9. The maximum absolute atomic E-state index is 13.3. The molecule has 0 spiro atoms. The van der Waals surface area contributed by atoms with E-state index < -0.39 is 0 Å². The Kier molecular flexibility index (Phi) is 7.07. The number of likely N-dealkylation sites (N-methyl/N-ethyl adjacent to an activating group) is 2. The van der Waals surface area contributed by atoms with Crippen LogP contribution in [0.25, 0.3) is 0 Å². The van der Waals surface area contributed by atoms with Crippen molar-refractivity contribution in [2.45, 2.75) is 26.1 Å². The van der Waals surface area contributed by atoms with E-state index in [0.717, 1.165) is 11.1 Å². The lowest BCUT2D eigenvalue weighted by atomic mass is 10.1. The van der Waals surface area contributed by atoms with Gasteiger partial charge >= 0.3 is 0 Å². The smallest absolute Gasteiger partial charge is 0.251 e. The van der Waals surface area contributed by atoms with Crippen LogP contribution in [0.3, 0.4) is 0 Å². The zero-order valence-corrected chi connectivity index (χ0v) is 16.2. The van der Waals surface area contributed by atoms with Gasteiger partial charge in [-0.1, -0.05) is 24.3 Å². The van der Waals surface area contributed by atoms with Crippen molar-refractivity contribution in [3.05, 3.63) is 71.0 Å². The van der Waals surface area contributed by atoms with Crippen LogP contribution in [0.5, 0.6) is 0 Å². The minimum absolute atomic E-state index is 0.0382. The molecular weight excluding hydrogens is 345 g/mol. The van der Waals surface area contributed by atoms with Crippen LogP contribution in [0.4, 0.5) is 4.39 Å². The summed E-state index contributed by atoms with van der Waals surface area (Å²) in [5.74, 6) is -0.472. The summed E-state index contributed by atoms with van der Waals surface area (Å²) >= 11 is 0. The second-order valence-electron chi connectivity index (χ2n) is 6.69. The number of amides is 2. The van der Waals surface area contributed by atoms with E-state index in [1.807, 2.05) is 31.0 Å². The number of hydrogen-bond donors (Lipinski definition) is 1. The zero-order valence-electron chi connectivity index (χ0n) is 16.2. The van der Waals surface area contributed by atoms with E-state index in [1.165, 1.54) is 12.1 Å². The number of rotatable bonds is 7. The highest BCUT2D eigenvalue weighted by atomic mass is 19.1. The van der Waals surface area contributed by atoms with Gasteiger partial charge in [0.2, 0.25) is 5.91 Å². The monoisotopic (exact) mass is 371 g/mol. The average Bonchev–Trinajstić information content (AvgIpc) is 2.66. The molecule has 2 rings (SSSR count). The van der Waals surface area contributed by atoms with Gasteiger partial charge in [0.05, 0.1) is 6.04 Å². The third-order valence-corrected chi connectivity index (χ3v) is 4.58. The Balaban J connectivity index is 1.95. The second kappa shape index (κ2) is 9.28. The van der Waals surface area contributed by atoms with Crippen molar-refractivity contribution in [1.29, 1.82) is 0 Å². The van der Waals surface area contributed by atoms with Crippen LogP contribution in [-0.4, -0.2) is 48.8 Å². The molecule has 1 N–H and O–H groups in total. The van der Waals surface area contributed by atoms with Gasteiger partial charge in [-0.25, -0.2) is 4.39 Å². The van der Waals surface area contributed by atoms with Gasteiger partial charge in [-0.15, -0.1) is 0 Å². The average molecular weight is 371 g/mol. The van der Waals surface area contributed by atoms with Crippen molar-refractivity contribution in [2.75, 3.05) is 21.1 Å². The molecule has 27 heavy (non-hydrogen) atoms. The van der Waals surface area contributed by atoms with Crippen LogP contribution in [0.15, 0.2) is 48.5 Å². The number of nitrogens with zero attached hydrogens (tertiary/aromatic N) is 2. The molecule has 0 bridgehead atoms. The van der Waals surface area contributed by atoms with E-state index in [2.05, 4.69) is 5.32 Å². The predicted molar refractivity (Wildman–Crippen MR) is 104 cm³/mol. The lowest BCUT2D eigenvalue weighted by molar-refractivity contribution is -0.135. The number of carbonyl (C=O) groups is 2. The molecule has 0 saturated carbocycles. The maximum Gasteiger partial charge on any atom is 0.251 e. The Morgan fingerprint density at radius 3 is 2.30 bits per heavy atom. The number of carbonyl (C=O) groups excluding carboxylic acids is 2. The first-order valence-electron chi connectivity index (χ1n) is 8.82.